The molecule has 1 nitrogen and oxygen atoms in total. The number of hydrogen-bond donors (Lipinski definition) is 0. The fourth-order valence-electron chi connectivity index (χ4n) is 1.68. The SMILES string of the molecule is C=CC(CCC#Cc1ccccc1)O[Si](C)(C)C(C)(C)C. The van der Waals surface area contributed by atoms with Crippen molar-refractivity contribution in [2.75, 3.05) is 0 Å². The van der Waals surface area contributed by atoms with Crippen molar-refractivity contribution in [1.29, 1.82) is 0 Å². The third-order valence-electron chi connectivity index (χ3n) is 4.08. The highest BCUT2D eigenvalue weighted by molar-refractivity contribution is 6.74. The van der Waals surface area contributed by atoms with Crippen molar-refractivity contribution in [3.8, 4) is 11.8 Å². The lowest BCUT2D eigenvalue weighted by molar-refractivity contribution is 0.217. The molecule has 0 saturated heterocycles. The predicted molar refractivity (Wildman–Crippen MR) is 94.8 cm³/mol. The second-order valence-electron chi connectivity index (χ2n) is 6.86. The zero-order valence-electron chi connectivity index (χ0n) is 14.1. The zero-order chi connectivity index (χ0) is 15.9. The highest BCUT2D eigenvalue weighted by Crippen LogP contribution is 2.37. The smallest absolute Gasteiger partial charge is 0.192 e. The van der Waals surface area contributed by atoms with Crippen molar-refractivity contribution in [2.24, 2.45) is 0 Å². The van der Waals surface area contributed by atoms with Crippen LogP contribution < -0.4 is 0 Å². The molecule has 0 aliphatic carbocycles. The van der Waals surface area contributed by atoms with Gasteiger partial charge in [-0.15, -0.1) is 6.58 Å². The van der Waals surface area contributed by atoms with Gasteiger partial charge >= 0.3 is 0 Å². The third-order valence-corrected chi connectivity index (χ3v) is 8.58. The average Bonchev–Trinajstić information content (AvgIpc) is 2.42. The monoisotopic (exact) mass is 300 g/mol. The van der Waals surface area contributed by atoms with Gasteiger partial charge in [0.1, 0.15) is 0 Å². The second-order valence-corrected chi connectivity index (χ2v) is 11.6. The van der Waals surface area contributed by atoms with Crippen molar-refractivity contribution in [1.82, 2.24) is 0 Å². The van der Waals surface area contributed by atoms with Crippen LogP contribution in [0.4, 0.5) is 0 Å². The van der Waals surface area contributed by atoms with Crippen molar-refractivity contribution >= 4 is 8.32 Å². The molecular formula is C19H28OSi. The van der Waals surface area contributed by atoms with Crippen LogP contribution in [0.3, 0.4) is 0 Å². The molecule has 0 fully saturated rings. The fourth-order valence-corrected chi connectivity index (χ4v) is 3.01. The van der Waals surface area contributed by atoms with E-state index in [-0.39, 0.29) is 11.1 Å². The Labute approximate surface area is 131 Å². The maximum Gasteiger partial charge on any atom is 0.192 e. The van der Waals surface area contributed by atoms with E-state index in [4.69, 9.17) is 4.43 Å². The summed E-state index contributed by atoms with van der Waals surface area (Å²) in [6.07, 6.45) is 3.77. The van der Waals surface area contributed by atoms with Crippen molar-refractivity contribution in [2.45, 2.75) is 57.8 Å². The Bertz CT molecular complexity index is 500. The van der Waals surface area contributed by atoms with Crippen LogP contribution in [0.5, 0.6) is 0 Å². The Kier molecular flexibility index (Phi) is 6.45. The maximum absolute atomic E-state index is 6.36. The minimum atomic E-state index is -1.73. The molecule has 21 heavy (non-hydrogen) atoms. The first-order chi connectivity index (χ1) is 9.76. The molecule has 0 saturated carbocycles. The third kappa shape index (κ3) is 5.91. The highest BCUT2D eigenvalue weighted by Gasteiger charge is 2.38. The molecule has 1 aromatic rings. The van der Waals surface area contributed by atoms with E-state index in [1.54, 1.807) is 0 Å². The number of benzene rings is 1. The van der Waals surface area contributed by atoms with E-state index < -0.39 is 8.32 Å². The van der Waals surface area contributed by atoms with Gasteiger partial charge in [0.05, 0.1) is 6.10 Å². The largest absolute Gasteiger partial charge is 0.411 e. The Hall–Kier alpha value is -1.30. The minimum Gasteiger partial charge on any atom is -0.411 e. The van der Waals surface area contributed by atoms with Crippen LogP contribution in [0.2, 0.25) is 18.1 Å². The summed E-state index contributed by atoms with van der Waals surface area (Å²) in [7, 11) is -1.73. The van der Waals surface area contributed by atoms with E-state index in [2.05, 4.69) is 52.3 Å². The standard InChI is InChI=1S/C19H28OSi/c1-7-18(20-21(5,6)19(2,3)4)16-12-11-15-17-13-9-8-10-14-17/h7-10,13-14,18H,1,12,16H2,2-6H3. The van der Waals surface area contributed by atoms with Crippen LogP contribution in [-0.2, 0) is 4.43 Å². The summed E-state index contributed by atoms with van der Waals surface area (Å²) in [6, 6.07) is 10.1. The quantitative estimate of drug-likeness (QED) is 0.402. The molecule has 0 spiro atoms. The van der Waals surface area contributed by atoms with Crippen LogP contribution in [0.15, 0.2) is 43.0 Å². The Morgan fingerprint density at radius 3 is 2.38 bits per heavy atom. The molecule has 0 aromatic heterocycles. The maximum atomic E-state index is 6.36. The molecule has 1 aromatic carbocycles. The summed E-state index contributed by atoms with van der Waals surface area (Å²) in [4.78, 5) is 0. The first-order valence-electron chi connectivity index (χ1n) is 7.60. The van der Waals surface area contributed by atoms with E-state index >= 15 is 0 Å². The van der Waals surface area contributed by atoms with Crippen LogP contribution in [0, 0.1) is 11.8 Å². The van der Waals surface area contributed by atoms with Gasteiger partial charge in [-0.1, -0.05) is 56.9 Å². The lowest BCUT2D eigenvalue weighted by Gasteiger charge is -2.38. The predicted octanol–water partition coefficient (Wildman–Crippen LogP) is 5.39. The molecule has 1 rings (SSSR count). The number of hydrogen-bond acceptors (Lipinski definition) is 1. The number of rotatable bonds is 5. The molecule has 0 aliphatic heterocycles. The van der Waals surface area contributed by atoms with Crippen molar-refractivity contribution in [3.05, 3.63) is 48.6 Å². The van der Waals surface area contributed by atoms with E-state index in [1.165, 1.54) is 0 Å². The van der Waals surface area contributed by atoms with Gasteiger partial charge < -0.3 is 4.43 Å². The summed E-state index contributed by atoms with van der Waals surface area (Å²) in [5.41, 5.74) is 1.07. The molecule has 0 aliphatic rings. The zero-order valence-corrected chi connectivity index (χ0v) is 15.1. The molecule has 1 atom stereocenters. The molecule has 114 valence electrons. The van der Waals surface area contributed by atoms with Gasteiger partial charge in [-0.2, -0.15) is 0 Å². The highest BCUT2D eigenvalue weighted by atomic mass is 28.4. The lowest BCUT2D eigenvalue weighted by Crippen LogP contribution is -2.43. The van der Waals surface area contributed by atoms with E-state index in [0.717, 1.165) is 18.4 Å². The average molecular weight is 301 g/mol. The molecule has 0 N–H and O–H groups in total. The van der Waals surface area contributed by atoms with Gasteiger partial charge in [0.2, 0.25) is 0 Å². The molecule has 0 heterocycles. The minimum absolute atomic E-state index is 0.107. The van der Waals surface area contributed by atoms with E-state index in [0.29, 0.717) is 0 Å². The molecular weight excluding hydrogens is 272 g/mol. The molecule has 0 bridgehead atoms. The van der Waals surface area contributed by atoms with E-state index in [1.807, 2.05) is 36.4 Å². The molecule has 0 radical (unpaired) electrons. The van der Waals surface area contributed by atoms with Crippen molar-refractivity contribution in [3.63, 3.8) is 0 Å². The summed E-state index contributed by atoms with van der Waals surface area (Å²) >= 11 is 0. The first-order valence-corrected chi connectivity index (χ1v) is 10.5. The second kappa shape index (κ2) is 7.63. The summed E-state index contributed by atoms with van der Waals surface area (Å²) in [6.45, 7) is 15.2. The first kappa shape index (κ1) is 17.7. The van der Waals surface area contributed by atoms with Crippen LogP contribution in [0.1, 0.15) is 39.2 Å². The summed E-state index contributed by atoms with van der Waals surface area (Å²) < 4.78 is 6.36. The topological polar surface area (TPSA) is 9.23 Å². The molecule has 2 heteroatoms. The Balaban J connectivity index is 2.53. The Morgan fingerprint density at radius 1 is 1.24 bits per heavy atom. The van der Waals surface area contributed by atoms with Gasteiger partial charge in [0.15, 0.2) is 8.32 Å². The van der Waals surface area contributed by atoms with Gasteiger partial charge in [0.25, 0.3) is 0 Å². The van der Waals surface area contributed by atoms with Gasteiger partial charge in [0, 0.05) is 12.0 Å². The van der Waals surface area contributed by atoms with Crippen LogP contribution in [-0.4, -0.2) is 14.4 Å². The van der Waals surface area contributed by atoms with Gasteiger partial charge in [-0.3, -0.25) is 0 Å². The Morgan fingerprint density at radius 2 is 1.86 bits per heavy atom. The van der Waals surface area contributed by atoms with E-state index in [9.17, 15) is 0 Å². The molecule has 1 unspecified atom stereocenters. The van der Waals surface area contributed by atoms with Crippen molar-refractivity contribution < 1.29 is 4.43 Å². The van der Waals surface area contributed by atoms with Gasteiger partial charge in [-0.05, 0) is 36.7 Å². The summed E-state index contributed by atoms with van der Waals surface area (Å²) in [5, 5.41) is 0.226. The summed E-state index contributed by atoms with van der Waals surface area (Å²) in [5.74, 6) is 6.42. The molecule has 0 amide bonds. The van der Waals surface area contributed by atoms with Crippen LogP contribution >= 0.6 is 0 Å². The van der Waals surface area contributed by atoms with Gasteiger partial charge in [-0.25, -0.2) is 0 Å². The normalized spacial score (nSPS) is 13.2. The lowest BCUT2D eigenvalue weighted by atomic mass is 10.2. The van der Waals surface area contributed by atoms with Crippen LogP contribution in [0.25, 0.3) is 0 Å². The fraction of sp³-hybridized carbons (Fsp3) is 0.474.